The van der Waals surface area contributed by atoms with Crippen LogP contribution >= 0.6 is 0 Å². The number of cyclic esters (lactones) is 1. The fourth-order valence-electron chi connectivity index (χ4n) is 2.96. The van der Waals surface area contributed by atoms with Crippen LogP contribution in [0.2, 0.25) is 0 Å². The molecule has 0 unspecified atom stereocenters. The van der Waals surface area contributed by atoms with Gasteiger partial charge in [0.1, 0.15) is 23.7 Å². The number of allylic oxidation sites excluding steroid dienone is 1. The average molecular weight is 350 g/mol. The number of benzene rings is 1. The van der Waals surface area contributed by atoms with Crippen molar-refractivity contribution in [2.45, 2.75) is 39.4 Å². The number of carboxylic acid groups (broad SMARTS) is 1. The molecule has 1 aliphatic heterocycles. The van der Waals surface area contributed by atoms with Crippen molar-refractivity contribution < 1.29 is 34.0 Å². The maximum Gasteiger partial charge on any atom is 0.342 e. The third-order valence-electron chi connectivity index (χ3n) is 4.35. The lowest BCUT2D eigenvalue weighted by Crippen LogP contribution is -2.14. The highest BCUT2D eigenvalue weighted by Crippen LogP contribution is 2.42. The number of carbonyl (C=O) groups excluding carboxylic acids is 1. The number of ether oxygens (including phenoxy) is 3. The number of carbonyl (C=O) groups is 2. The second-order valence-corrected chi connectivity index (χ2v) is 5.87. The van der Waals surface area contributed by atoms with E-state index in [1.54, 1.807) is 13.0 Å². The van der Waals surface area contributed by atoms with Crippen LogP contribution in [0.15, 0.2) is 11.6 Å². The minimum atomic E-state index is -1.08. The Morgan fingerprint density at radius 2 is 1.96 bits per heavy atom. The molecule has 0 saturated heterocycles. The quantitative estimate of drug-likeness (QED) is 0.573. The van der Waals surface area contributed by atoms with Gasteiger partial charge in [-0.2, -0.15) is 0 Å². The molecule has 136 valence electrons. The Labute approximate surface area is 145 Å². The zero-order valence-electron chi connectivity index (χ0n) is 14.7. The van der Waals surface area contributed by atoms with Crippen LogP contribution in [-0.2, 0) is 22.6 Å². The number of rotatable bonds is 7. The van der Waals surface area contributed by atoms with Crippen molar-refractivity contribution in [3.05, 3.63) is 33.9 Å². The molecule has 7 nitrogen and oxygen atoms in total. The summed E-state index contributed by atoms with van der Waals surface area (Å²) in [6.45, 7) is 3.68. The van der Waals surface area contributed by atoms with Crippen LogP contribution in [0.5, 0.6) is 11.5 Å². The van der Waals surface area contributed by atoms with Gasteiger partial charge < -0.3 is 24.4 Å². The molecule has 25 heavy (non-hydrogen) atoms. The van der Waals surface area contributed by atoms with E-state index in [1.165, 1.54) is 14.2 Å². The van der Waals surface area contributed by atoms with Crippen molar-refractivity contribution >= 4 is 11.9 Å². The maximum absolute atomic E-state index is 12.1. The molecule has 2 rings (SSSR count). The zero-order valence-corrected chi connectivity index (χ0v) is 14.7. The number of aliphatic hydroxyl groups excluding tert-OH is 1. The second kappa shape index (κ2) is 7.57. The van der Waals surface area contributed by atoms with Gasteiger partial charge in [0, 0.05) is 11.1 Å². The molecule has 0 aromatic heterocycles. The Morgan fingerprint density at radius 1 is 1.32 bits per heavy atom. The standard InChI is InChI=1S/C18H22O7/c1-9(13(19)7-14(20)21)5-6-11-16(23-3)10(2)12-8-25-18(22)15(12)17(11)24-4/h5,13,19H,6-8H2,1-4H3,(H,20,21)/t13-/m0/s1. The fourth-order valence-corrected chi connectivity index (χ4v) is 2.96. The molecule has 0 spiro atoms. The zero-order chi connectivity index (χ0) is 18.7. The van der Waals surface area contributed by atoms with Gasteiger partial charge in [0.05, 0.1) is 26.7 Å². The molecular weight excluding hydrogens is 328 g/mol. The van der Waals surface area contributed by atoms with Gasteiger partial charge in [-0.1, -0.05) is 6.08 Å². The molecular formula is C18H22O7. The largest absolute Gasteiger partial charge is 0.496 e. The lowest BCUT2D eigenvalue weighted by Gasteiger charge is -2.18. The lowest BCUT2D eigenvalue weighted by atomic mass is 9.94. The first-order valence-electron chi connectivity index (χ1n) is 7.81. The summed E-state index contributed by atoms with van der Waals surface area (Å²) >= 11 is 0. The highest BCUT2D eigenvalue weighted by molar-refractivity contribution is 5.98. The van der Waals surface area contributed by atoms with E-state index >= 15 is 0 Å². The Kier molecular flexibility index (Phi) is 5.69. The molecule has 1 aromatic carbocycles. The highest BCUT2D eigenvalue weighted by Gasteiger charge is 2.32. The van der Waals surface area contributed by atoms with Crippen LogP contribution in [0.4, 0.5) is 0 Å². The molecule has 0 radical (unpaired) electrons. The molecule has 1 heterocycles. The number of fused-ring (bicyclic) bond motifs is 1. The molecule has 0 aliphatic carbocycles. The van der Waals surface area contributed by atoms with Gasteiger partial charge in [-0.25, -0.2) is 4.79 Å². The van der Waals surface area contributed by atoms with Gasteiger partial charge in [0.15, 0.2) is 0 Å². The van der Waals surface area contributed by atoms with Crippen LogP contribution in [0.1, 0.15) is 40.4 Å². The molecule has 0 amide bonds. The number of esters is 1. The van der Waals surface area contributed by atoms with Crippen molar-refractivity contribution in [1.29, 1.82) is 0 Å². The number of methoxy groups -OCH3 is 2. The summed E-state index contributed by atoms with van der Waals surface area (Å²) in [6.07, 6.45) is 0.581. The summed E-state index contributed by atoms with van der Waals surface area (Å²) in [5, 5.41) is 18.7. The van der Waals surface area contributed by atoms with E-state index in [-0.39, 0.29) is 13.0 Å². The summed E-state index contributed by atoms with van der Waals surface area (Å²) in [5.41, 5.74) is 3.12. The Hall–Kier alpha value is -2.54. The van der Waals surface area contributed by atoms with E-state index < -0.39 is 18.0 Å². The van der Waals surface area contributed by atoms with Crippen molar-refractivity contribution in [2.24, 2.45) is 0 Å². The average Bonchev–Trinajstić information content (AvgIpc) is 2.94. The Bertz CT molecular complexity index is 734. The first-order chi connectivity index (χ1) is 11.8. The van der Waals surface area contributed by atoms with Gasteiger partial charge in [0.2, 0.25) is 0 Å². The predicted octanol–water partition coefficient (Wildman–Crippen LogP) is 2.01. The normalized spacial score (nSPS) is 14.8. The predicted molar refractivity (Wildman–Crippen MR) is 89.1 cm³/mol. The van der Waals surface area contributed by atoms with Crippen molar-refractivity contribution in [2.75, 3.05) is 14.2 Å². The smallest absolute Gasteiger partial charge is 0.342 e. The van der Waals surface area contributed by atoms with Crippen LogP contribution in [0, 0.1) is 6.92 Å². The van der Waals surface area contributed by atoms with Crippen LogP contribution in [-0.4, -0.2) is 42.5 Å². The molecule has 0 bridgehead atoms. The third kappa shape index (κ3) is 3.61. The van der Waals surface area contributed by atoms with Crippen LogP contribution in [0.3, 0.4) is 0 Å². The molecule has 7 heteroatoms. The van der Waals surface area contributed by atoms with E-state index in [1.807, 2.05) is 6.92 Å². The second-order valence-electron chi connectivity index (χ2n) is 5.87. The Morgan fingerprint density at radius 3 is 2.52 bits per heavy atom. The van der Waals surface area contributed by atoms with E-state index in [0.717, 1.165) is 11.1 Å². The van der Waals surface area contributed by atoms with Gasteiger partial charge >= 0.3 is 11.9 Å². The van der Waals surface area contributed by atoms with Crippen molar-refractivity contribution in [1.82, 2.24) is 0 Å². The van der Waals surface area contributed by atoms with Crippen molar-refractivity contribution in [3.8, 4) is 11.5 Å². The molecule has 1 atom stereocenters. The summed E-state index contributed by atoms with van der Waals surface area (Å²) in [6, 6.07) is 0. The first kappa shape index (κ1) is 18.8. The molecule has 1 aromatic rings. The van der Waals surface area contributed by atoms with Gasteiger partial charge in [-0.05, 0) is 31.4 Å². The van der Waals surface area contributed by atoms with E-state index in [2.05, 4.69) is 0 Å². The van der Waals surface area contributed by atoms with E-state index in [0.29, 0.717) is 34.6 Å². The van der Waals surface area contributed by atoms with Gasteiger partial charge in [-0.3, -0.25) is 4.79 Å². The summed E-state index contributed by atoms with van der Waals surface area (Å²) in [4.78, 5) is 22.8. The van der Waals surface area contributed by atoms with Crippen LogP contribution in [0.25, 0.3) is 0 Å². The Balaban J connectivity index is 2.47. The minimum absolute atomic E-state index is 0.180. The number of aliphatic carboxylic acids is 1. The van der Waals surface area contributed by atoms with Gasteiger partial charge in [-0.15, -0.1) is 0 Å². The van der Waals surface area contributed by atoms with E-state index in [9.17, 15) is 14.7 Å². The van der Waals surface area contributed by atoms with Gasteiger partial charge in [0.25, 0.3) is 0 Å². The topological polar surface area (TPSA) is 102 Å². The minimum Gasteiger partial charge on any atom is -0.496 e. The first-order valence-corrected chi connectivity index (χ1v) is 7.81. The molecule has 2 N–H and O–H groups in total. The SMILES string of the molecule is COc1c(C)c2c(c(OC)c1CC=C(C)[C@@H](O)CC(=O)O)C(=O)OC2. The van der Waals surface area contributed by atoms with Crippen LogP contribution < -0.4 is 9.47 Å². The molecule has 0 saturated carbocycles. The maximum atomic E-state index is 12.1. The summed E-state index contributed by atoms with van der Waals surface area (Å²) < 4.78 is 16.1. The number of carboxylic acids is 1. The third-order valence-corrected chi connectivity index (χ3v) is 4.35. The lowest BCUT2D eigenvalue weighted by molar-refractivity contribution is -0.138. The molecule has 1 aliphatic rings. The highest BCUT2D eigenvalue weighted by atomic mass is 16.5. The monoisotopic (exact) mass is 350 g/mol. The summed E-state index contributed by atoms with van der Waals surface area (Å²) in [5.74, 6) is -0.542. The van der Waals surface area contributed by atoms with E-state index in [4.69, 9.17) is 19.3 Å². The fraction of sp³-hybridized carbons (Fsp3) is 0.444. The number of hydrogen-bond donors (Lipinski definition) is 2. The molecule has 0 fully saturated rings. The van der Waals surface area contributed by atoms with Crippen molar-refractivity contribution in [3.63, 3.8) is 0 Å². The number of hydrogen-bond acceptors (Lipinski definition) is 6. The summed E-state index contributed by atoms with van der Waals surface area (Å²) in [7, 11) is 3.00. The number of aliphatic hydroxyl groups is 1.